The second-order valence-corrected chi connectivity index (χ2v) is 6.53. The molecule has 0 saturated carbocycles. The first-order valence-corrected chi connectivity index (χ1v) is 8.07. The Morgan fingerprint density at radius 3 is 2.55 bits per heavy atom. The topological polar surface area (TPSA) is 49.4 Å². The molecule has 0 bridgehead atoms. The molecule has 1 aromatic heterocycles. The molecule has 2 heterocycles. The van der Waals surface area contributed by atoms with E-state index in [2.05, 4.69) is 5.32 Å². The third-order valence-corrected chi connectivity index (χ3v) is 4.65. The molecule has 1 aliphatic rings. The van der Waals surface area contributed by atoms with Crippen molar-refractivity contribution >= 4 is 28.8 Å². The number of carbonyl (C=O) groups is 2. The van der Waals surface area contributed by atoms with E-state index in [4.69, 9.17) is 0 Å². The molecule has 1 aromatic rings. The maximum atomic E-state index is 12.8. The van der Waals surface area contributed by atoms with Gasteiger partial charge in [0.1, 0.15) is 12.1 Å². The van der Waals surface area contributed by atoms with Gasteiger partial charge in [0.2, 0.25) is 5.91 Å². The van der Waals surface area contributed by atoms with Gasteiger partial charge < -0.3 is 5.32 Å². The van der Waals surface area contributed by atoms with Gasteiger partial charge in [-0.05, 0) is 23.3 Å². The fourth-order valence-corrected chi connectivity index (χ4v) is 3.24. The van der Waals surface area contributed by atoms with E-state index in [-0.39, 0.29) is 23.7 Å². The van der Waals surface area contributed by atoms with Crippen LogP contribution in [0.4, 0.5) is 5.69 Å². The lowest BCUT2D eigenvalue weighted by Crippen LogP contribution is -2.66. The van der Waals surface area contributed by atoms with Crippen molar-refractivity contribution in [2.45, 2.75) is 46.2 Å². The van der Waals surface area contributed by atoms with Gasteiger partial charge in [-0.2, -0.15) is 11.3 Å². The highest BCUT2D eigenvalue weighted by Gasteiger charge is 2.44. The first-order valence-electron chi connectivity index (χ1n) is 7.13. The van der Waals surface area contributed by atoms with E-state index in [1.165, 1.54) is 0 Å². The maximum absolute atomic E-state index is 12.8. The monoisotopic (exact) mass is 294 g/mol. The number of rotatable bonds is 4. The number of piperazine rings is 1. The van der Waals surface area contributed by atoms with Crippen LogP contribution in [0.15, 0.2) is 16.8 Å². The van der Waals surface area contributed by atoms with Crippen molar-refractivity contribution in [1.29, 1.82) is 0 Å². The van der Waals surface area contributed by atoms with Gasteiger partial charge in [0.05, 0.1) is 5.69 Å². The van der Waals surface area contributed by atoms with Crippen molar-refractivity contribution in [3.8, 4) is 0 Å². The molecule has 3 unspecified atom stereocenters. The molecule has 4 nitrogen and oxygen atoms in total. The number of hydrogen-bond donors (Lipinski definition) is 1. The highest BCUT2D eigenvalue weighted by molar-refractivity contribution is 7.08. The van der Waals surface area contributed by atoms with Crippen LogP contribution in [0.25, 0.3) is 0 Å². The van der Waals surface area contributed by atoms with Gasteiger partial charge in [-0.1, -0.05) is 34.1 Å². The van der Waals surface area contributed by atoms with Crippen LogP contribution in [-0.4, -0.2) is 23.9 Å². The Bertz CT molecular complexity index is 484. The predicted octanol–water partition coefficient (Wildman–Crippen LogP) is 2.65. The minimum atomic E-state index is -0.419. The van der Waals surface area contributed by atoms with Crippen LogP contribution in [-0.2, 0) is 9.59 Å². The quantitative estimate of drug-likeness (QED) is 0.928. The summed E-state index contributed by atoms with van der Waals surface area (Å²) >= 11 is 1.54. The molecule has 1 N–H and O–H groups in total. The molecule has 0 spiro atoms. The van der Waals surface area contributed by atoms with Crippen molar-refractivity contribution in [3.63, 3.8) is 0 Å². The Balaban J connectivity index is 2.39. The van der Waals surface area contributed by atoms with E-state index in [1.54, 1.807) is 16.2 Å². The molecule has 110 valence electrons. The molecule has 1 aliphatic heterocycles. The lowest BCUT2D eigenvalue weighted by molar-refractivity contribution is -0.136. The van der Waals surface area contributed by atoms with Crippen LogP contribution in [0, 0.1) is 11.8 Å². The summed E-state index contributed by atoms with van der Waals surface area (Å²) in [6.07, 6.45) is 0.862. The molecule has 3 atom stereocenters. The average molecular weight is 294 g/mol. The normalized spacial score (nSPS) is 24.9. The summed E-state index contributed by atoms with van der Waals surface area (Å²) in [5.74, 6) is 0.185. The van der Waals surface area contributed by atoms with Gasteiger partial charge in [-0.25, -0.2) is 0 Å². The number of nitrogens with one attached hydrogen (secondary N) is 1. The number of anilines is 1. The first-order chi connectivity index (χ1) is 9.47. The third-order valence-electron chi connectivity index (χ3n) is 3.98. The zero-order valence-corrected chi connectivity index (χ0v) is 13.2. The smallest absolute Gasteiger partial charge is 0.250 e. The molecule has 20 heavy (non-hydrogen) atoms. The number of thiophene rings is 1. The summed E-state index contributed by atoms with van der Waals surface area (Å²) in [5.41, 5.74) is 0.835. The van der Waals surface area contributed by atoms with Gasteiger partial charge in [0.25, 0.3) is 5.91 Å². The molecule has 2 rings (SSSR count). The van der Waals surface area contributed by atoms with E-state index < -0.39 is 12.1 Å². The molecule has 1 saturated heterocycles. The van der Waals surface area contributed by atoms with Gasteiger partial charge >= 0.3 is 0 Å². The molecule has 1 fully saturated rings. The summed E-state index contributed by atoms with van der Waals surface area (Å²) in [4.78, 5) is 26.9. The molecule has 2 amide bonds. The Morgan fingerprint density at radius 1 is 1.35 bits per heavy atom. The van der Waals surface area contributed by atoms with Gasteiger partial charge in [-0.3, -0.25) is 14.5 Å². The zero-order valence-electron chi connectivity index (χ0n) is 12.4. The van der Waals surface area contributed by atoms with Crippen LogP contribution in [0.5, 0.6) is 0 Å². The predicted molar refractivity (Wildman–Crippen MR) is 81.8 cm³/mol. The SMILES string of the molecule is CCC(C)C1NC(=O)C(C(C)C)N(c2ccsc2)C1=O. The van der Waals surface area contributed by atoms with E-state index >= 15 is 0 Å². The first kappa shape index (κ1) is 15.0. The fraction of sp³-hybridized carbons (Fsp3) is 0.600. The van der Waals surface area contributed by atoms with Crippen molar-refractivity contribution in [3.05, 3.63) is 16.8 Å². The average Bonchev–Trinajstić information content (AvgIpc) is 2.92. The second kappa shape index (κ2) is 5.95. The molecule has 0 radical (unpaired) electrons. The van der Waals surface area contributed by atoms with E-state index in [9.17, 15) is 9.59 Å². The van der Waals surface area contributed by atoms with Crippen molar-refractivity contribution in [2.75, 3.05) is 4.90 Å². The highest BCUT2D eigenvalue weighted by atomic mass is 32.1. The summed E-state index contributed by atoms with van der Waals surface area (Å²) in [7, 11) is 0. The summed E-state index contributed by atoms with van der Waals surface area (Å²) in [6.45, 7) is 7.98. The molecular weight excluding hydrogens is 272 g/mol. The van der Waals surface area contributed by atoms with Crippen molar-refractivity contribution < 1.29 is 9.59 Å². The number of carbonyl (C=O) groups excluding carboxylic acids is 2. The zero-order chi connectivity index (χ0) is 14.9. The number of amides is 2. The standard InChI is InChI=1S/C15H22N2O2S/c1-5-10(4)12-15(19)17(11-6-7-20-8-11)13(9(2)3)14(18)16-12/h6-10,12-13H,5H2,1-4H3,(H,16,18). The molecule has 0 aromatic carbocycles. The largest absolute Gasteiger partial charge is 0.342 e. The van der Waals surface area contributed by atoms with Crippen LogP contribution in [0.1, 0.15) is 34.1 Å². The lowest BCUT2D eigenvalue weighted by Gasteiger charge is -2.41. The van der Waals surface area contributed by atoms with E-state index in [0.717, 1.165) is 12.1 Å². The molecular formula is C15H22N2O2S. The highest BCUT2D eigenvalue weighted by Crippen LogP contribution is 2.29. The summed E-state index contributed by atoms with van der Waals surface area (Å²) in [6, 6.07) is 1.07. The van der Waals surface area contributed by atoms with Gasteiger partial charge in [0.15, 0.2) is 0 Å². The Hall–Kier alpha value is -1.36. The maximum Gasteiger partial charge on any atom is 0.250 e. The number of nitrogens with zero attached hydrogens (tertiary/aromatic N) is 1. The van der Waals surface area contributed by atoms with Crippen LogP contribution in [0.3, 0.4) is 0 Å². The molecule has 0 aliphatic carbocycles. The third kappa shape index (κ3) is 2.59. The Kier molecular flexibility index (Phi) is 4.48. The van der Waals surface area contributed by atoms with Gasteiger partial charge in [-0.15, -0.1) is 0 Å². The summed E-state index contributed by atoms with van der Waals surface area (Å²) < 4.78 is 0. The number of hydrogen-bond acceptors (Lipinski definition) is 3. The van der Waals surface area contributed by atoms with Crippen LogP contribution < -0.4 is 10.2 Å². The summed E-state index contributed by atoms with van der Waals surface area (Å²) in [5, 5.41) is 6.78. The fourth-order valence-electron chi connectivity index (χ4n) is 2.61. The lowest BCUT2D eigenvalue weighted by atomic mass is 9.90. The molecule has 5 heteroatoms. The Morgan fingerprint density at radius 2 is 2.05 bits per heavy atom. The van der Waals surface area contributed by atoms with Gasteiger partial charge in [0, 0.05) is 5.38 Å². The van der Waals surface area contributed by atoms with E-state index in [1.807, 2.05) is 44.5 Å². The second-order valence-electron chi connectivity index (χ2n) is 5.75. The van der Waals surface area contributed by atoms with E-state index in [0.29, 0.717) is 0 Å². The van der Waals surface area contributed by atoms with Crippen LogP contribution in [0.2, 0.25) is 0 Å². The minimum Gasteiger partial charge on any atom is -0.342 e. The van der Waals surface area contributed by atoms with Crippen LogP contribution >= 0.6 is 11.3 Å². The Labute approximate surface area is 124 Å². The van der Waals surface area contributed by atoms with Crippen molar-refractivity contribution in [1.82, 2.24) is 5.32 Å². The minimum absolute atomic E-state index is 0.0102. The van der Waals surface area contributed by atoms with Crippen molar-refractivity contribution in [2.24, 2.45) is 11.8 Å².